The molecule has 0 radical (unpaired) electrons. The Hall–Kier alpha value is -2.15. The van der Waals surface area contributed by atoms with Crippen LogP contribution in [-0.4, -0.2) is 42.3 Å². The van der Waals surface area contributed by atoms with Crippen molar-refractivity contribution in [2.45, 2.75) is 51.4 Å². The van der Waals surface area contributed by atoms with Crippen LogP contribution in [0.2, 0.25) is 0 Å². The molecule has 3 rings (SSSR count). The largest absolute Gasteiger partial charge is 0.367 e. The minimum atomic E-state index is -0.614. The molecule has 2 aliphatic rings. The molecule has 1 atom stereocenters. The average Bonchev–Trinajstić information content (AvgIpc) is 2.99. The fourth-order valence-corrected chi connectivity index (χ4v) is 3.60. The van der Waals surface area contributed by atoms with Crippen LogP contribution in [0.3, 0.4) is 0 Å². The average molecular weight is 349 g/mol. The first-order valence-corrected chi connectivity index (χ1v) is 8.45. The van der Waals surface area contributed by atoms with Crippen molar-refractivity contribution in [3.05, 3.63) is 29.6 Å². The Morgan fingerprint density at radius 3 is 2.64 bits per heavy atom. The maximum absolute atomic E-state index is 14.2. The number of nitrogens with zero attached hydrogens (tertiary/aromatic N) is 1. The first-order valence-electron chi connectivity index (χ1n) is 8.45. The van der Waals surface area contributed by atoms with Crippen LogP contribution in [-0.2, 0) is 4.74 Å². The van der Waals surface area contributed by atoms with E-state index < -0.39 is 17.3 Å². The molecule has 2 N–H and O–H groups in total. The number of amides is 3. The van der Waals surface area contributed by atoms with Crippen LogP contribution in [0.25, 0.3) is 0 Å². The van der Waals surface area contributed by atoms with Gasteiger partial charge in [-0.1, -0.05) is 0 Å². The van der Waals surface area contributed by atoms with Gasteiger partial charge in [0, 0.05) is 18.8 Å². The van der Waals surface area contributed by atoms with Gasteiger partial charge in [-0.15, -0.1) is 0 Å². The lowest BCUT2D eigenvalue weighted by Crippen LogP contribution is -2.46. The maximum atomic E-state index is 14.2. The summed E-state index contributed by atoms with van der Waals surface area (Å²) in [6.45, 7) is 8.77. The van der Waals surface area contributed by atoms with Gasteiger partial charge in [-0.3, -0.25) is 9.69 Å². The van der Waals surface area contributed by atoms with E-state index in [9.17, 15) is 14.0 Å². The van der Waals surface area contributed by atoms with Crippen molar-refractivity contribution >= 4 is 17.6 Å². The van der Waals surface area contributed by atoms with Gasteiger partial charge >= 0.3 is 6.03 Å². The molecule has 136 valence electrons. The van der Waals surface area contributed by atoms with Crippen molar-refractivity contribution in [1.29, 1.82) is 0 Å². The smallest absolute Gasteiger partial charge is 0.321 e. The molecule has 1 aromatic rings. The Morgan fingerprint density at radius 1 is 1.36 bits per heavy atom. The lowest BCUT2D eigenvalue weighted by atomic mass is 9.94. The fourth-order valence-electron chi connectivity index (χ4n) is 3.60. The van der Waals surface area contributed by atoms with E-state index >= 15 is 0 Å². The fraction of sp³-hybridized carbons (Fsp3) is 0.556. The zero-order valence-electron chi connectivity index (χ0n) is 15.0. The van der Waals surface area contributed by atoms with Gasteiger partial charge in [-0.2, -0.15) is 0 Å². The highest BCUT2D eigenvalue weighted by Gasteiger charge is 2.46. The van der Waals surface area contributed by atoms with E-state index in [2.05, 4.69) is 10.6 Å². The molecule has 7 heteroatoms. The molecular weight excluding hydrogens is 325 g/mol. The Bertz CT molecular complexity index is 718. The molecule has 0 bridgehead atoms. The number of urea groups is 1. The van der Waals surface area contributed by atoms with Gasteiger partial charge in [0.2, 0.25) is 0 Å². The van der Waals surface area contributed by atoms with Crippen molar-refractivity contribution < 1.29 is 18.7 Å². The Labute approximate surface area is 146 Å². The quantitative estimate of drug-likeness (QED) is 0.880. The lowest BCUT2D eigenvalue weighted by molar-refractivity contribution is -0.0693. The molecule has 6 nitrogen and oxygen atoms in total. The summed E-state index contributed by atoms with van der Waals surface area (Å²) < 4.78 is 20.2. The summed E-state index contributed by atoms with van der Waals surface area (Å²) in [5.74, 6) is -1.12. The molecule has 2 heterocycles. The van der Waals surface area contributed by atoms with Crippen molar-refractivity contribution in [2.75, 3.05) is 18.0 Å². The standard InChI is InChI=1S/C18H24FN3O3/c1-17(2)10-14(18(3,4)25-17)21-15(23)12-9-11(5-6-13(12)19)22-8-7-20-16(22)24/h5-6,9,14H,7-8,10H2,1-4H3,(H,20,24)(H,21,23). The number of hydrogen-bond donors (Lipinski definition) is 2. The van der Waals surface area contributed by atoms with Gasteiger partial charge in [-0.05, 0) is 52.3 Å². The van der Waals surface area contributed by atoms with Crippen LogP contribution in [0.5, 0.6) is 0 Å². The molecule has 1 aromatic carbocycles. The van der Waals surface area contributed by atoms with Gasteiger partial charge < -0.3 is 15.4 Å². The minimum absolute atomic E-state index is 0.0716. The van der Waals surface area contributed by atoms with Gasteiger partial charge in [0.05, 0.1) is 22.8 Å². The van der Waals surface area contributed by atoms with Crippen molar-refractivity contribution in [3.8, 4) is 0 Å². The van der Waals surface area contributed by atoms with Crippen LogP contribution >= 0.6 is 0 Å². The number of nitrogens with one attached hydrogen (secondary N) is 2. The Morgan fingerprint density at radius 2 is 2.08 bits per heavy atom. The molecule has 0 aromatic heterocycles. The highest BCUT2D eigenvalue weighted by Crippen LogP contribution is 2.37. The summed E-state index contributed by atoms with van der Waals surface area (Å²) >= 11 is 0. The summed E-state index contributed by atoms with van der Waals surface area (Å²) in [6.07, 6.45) is 0.640. The second kappa shape index (κ2) is 5.98. The zero-order valence-corrected chi connectivity index (χ0v) is 15.0. The third-order valence-electron chi connectivity index (χ3n) is 4.74. The topological polar surface area (TPSA) is 70.7 Å². The number of ether oxygens (including phenoxy) is 1. The summed E-state index contributed by atoms with van der Waals surface area (Å²) in [5.41, 5.74) is -0.459. The third kappa shape index (κ3) is 3.46. The van der Waals surface area contributed by atoms with E-state index in [1.54, 1.807) is 0 Å². The van der Waals surface area contributed by atoms with Crippen LogP contribution in [0, 0.1) is 5.82 Å². The van der Waals surface area contributed by atoms with E-state index in [1.165, 1.54) is 23.1 Å². The lowest BCUT2D eigenvalue weighted by Gasteiger charge is -2.27. The Kier molecular flexibility index (Phi) is 4.23. The van der Waals surface area contributed by atoms with Crippen molar-refractivity contribution in [3.63, 3.8) is 0 Å². The molecule has 0 aliphatic carbocycles. The number of benzene rings is 1. The van der Waals surface area contributed by atoms with Gasteiger partial charge in [0.1, 0.15) is 5.82 Å². The highest BCUT2D eigenvalue weighted by molar-refractivity contribution is 5.98. The maximum Gasteiger partial charge on any atom is 0.321 e. The molecule has 3 amide bonds. The summed E-state index contributed by atoms with van der Waals surface area (Å²) in [7, 11) is 0. The summed E-state index contributed by atoms with van der Waals surface area (Å²) in [5, 5.41) is 5.57. The first-order chi connectivity index (χ1) is 11.6. The van der Waals surface area contributed by atoms with E-state index in [4.69, 9.17) is 4.74 Å². The molecule has 2 fully saturated rings. The molecule has 25 heavy (non-hydrogen) atoms. The summed E-state index contributed by atoms with van der Waals surface area (Å²) in [4.78, 5) is 25.9. The predicted molar refractivity (Wildman–Crippen MR) is 92.3 cm³/mol. The van der Waals surface area contributed by atoms with Gasteiger partial charge in [-0.25, -0.2) is 9.18 Å². The third-order valence-corrected chi connectivity index (χ3v) is 4.74. The van der Waals surface area contributed by atoms with Crippen molar-refractivity contribution in [1.82, 2.24) is 10.6 Å². The van der Waals surface area contributed by atoms with Crippen LogP contribution in [0.1, 0.15) is 44.5 Å². The zero-order chi connectivity index (χ0) is 18.4. The van der Waals surface area contributed by atoms with E-state index in [-0.39, 0.29) is 23.2 Å². The number of halogens is 1. The number of carbonyl (C=O) groups is 2. The number of hydrogen-bond acceptors (Lipinski definition) is 3. The minimum Gasteiger partial charge on any atom is -0.367 e. The Balaban J connectivity index is 1.81. The molecule has 0 spiro atoms. The van der Waals surface area contributed by atoms with Gasteiger partial charge in [0.15, 0.2) is 0 Å². The number of carbonyl (C=O) groups excluding carboxylic acids is 2. The number of anilines is 1. The monoisotopic (exact) mass is 349 g/mol. The molecule has 1 unspecified atom stereocenters. The second-order valence-electron chi connectivity index (χ2n) is 7.74. The predicted octanol–water partition coefficient (Wildman–Crippen LogP) is 2.43. The molecule has 0 saturated carbocycles. The molecule has 2 saturated heterocycles. The second-order valence-corrected chi connectivity index (χ2v) is 7.74. The normalized spacial score (nSPS) is 24.3. The number of rotatable bonds is 3. The van der Waals surface area contributed by atoms with E-state index in [0.29, 0.717) is 25.2 Å². The highest BCUT2D eigenvalue weighted by atomic mass is 19.1. The van der Waals surface area contributed by atoms with Crippen LogP contribution in [0.4, 0.5) is 14.9 Å². The van der Waals surface area contributed by atoms with Crippen LogP contribution in [0.15, 0.2) is 18.2 Å². The van der Waals surface area contributed by atoms with E-state index in [0.717, 1.165) is 0 Å². The van der Waals surface area contributed by atoms with Crippen molar-refractivity contribution in [2.24, 2.45) is 0 Å². The molecular formula is C18H24FN3O3. The molecule has 2 aliphatic heterocycles. The van der Waals surface area contributed by atoms with Crippen LogP contribution < -0.4 is 15.5 Å². The summed E-state index contributed by atoms with van der Waals surface area (Å²) in [6, 6.07) is 3.67. The van der Waals surface area contributed by atoms with Gasteiger partial charge in [0.25, 0.3) is 5.91 Å². The first kappa shape index (κ1) is 17.7. The van der Waals surface area contributed by atoms with E-state index in [1.807, 2.05) is 27.7 Å². The SMILES string of the molecule is CC1(C)CC(NC(=O)c2cc(N3CCNC3=O)ccc2F)C(C)(C)O1.